The van der Waals surface area contributed by atoms with Crippen molar-refractivity contribution >= 4 is 31.9 Å². The summed E-state index contributed by atoms with van der Waals surface area (Å²) < 4.78 is 28.1. The first-order chi connectivity index (χ1) is 14.9. The summed E-state index contributed by atoms with van der Waals surface area (Å²) in [4.78, 5) is 15.3. The van der Waals surface area contributed by atoms with E-state index in [2.05, 4.69) is 40.2 Å². The number of hydrogen-bond donors (Lipinski definition) is 0. The predicted molar refractivity (Wildman–Crippen MR) is 125 cm³/mol. The lowest BCUT2D eigenvalue weighted by Gasteiger charge is -2.37. The number of carbonyl (C=O) groups excluding carboxylic acids is 1. The molecule has 31 heavy (non-hydrogen) atoms. The van der Waals surface area contributed by atoms with Crippen LogP contribution in [0.4, 0.5) is 0 Å². The number of halogens is 1. The normalized spacial score (nSPS) is 19.5. The molecule has 0 N–H and O–H groups in total. The number of nitrogens with zero attached hydrogens (tertiary/aromatic N) is 2. The molecule has 2 aliphatic heterocycles. The van der Waals surface area contributed by atoms with E-state index in [0.717, 1.165) is 36.8 Å². The molecule has 166 valence electrons. The number of likely N-dealkylation sites (tertiary alicyclic amines) is 1. The fourth-order valence-corrected chi connectivity index (χ4v) is 6.40. The molecule has 2 heterocycles. The van der Waals surface area contributed by atoms with Crippen molar-refractivity contribution < 1.29 is 13.2 Å². The van der Waals surface area contributed by atoms with Crippen LogP contribution in [0.2, 0.25) is 0 Å². The molecule has 0 saturated carbocycles. The summed E-state index contributed by atoms with van der Waals surface area (Å²) in [6.45, 7) is 2.43. The number of amides is 1. The van der Waals surface area contributed by atoms with Crippen LogP contribution in [-0.2, 0) is 21.2 Å². The highest BCUT2D eigenvalue weighted by Gasteiger charge is 2.34. The third-order valence-electron chi connectivity index (χ3n) is 6.55. The van der Waals surface area contributed by atoms with Crippen molar-refractivity contribution in [2.75, 3.05) is 26.2 Å². The highest BCUT2D eigenvalue weighted by atomic mass is 79.9. The van der Waals surface area contributed by atoms with Gasteiger partial charge < -0.3 is 4.90 Å². The summed E-state index contributed by atoms with van der Waals surface area (Å²) in [5, 5.41) is 0. The van der Waals surface area contributed by atoms with Crippen LogP contribution in [0, 0.1) is 11.8 Å². The third kappa shape index (κ3) is 5.38. The van der Waals surface area contributed by atoms with E-state index in [1.54, 1.807) is 24.3 Å². The Hall–Kier alpha value is -1.70. The summed E-state index contributed by atoms with van der Waals surface area (Å²) in [6.07, 6.45) is 4.35. The molecule has 2 aliphatic rings. The maximum Gasteiger partial charge on any atom is 0.243 e. The van der Waals surface area contributed by atoms with Gasteiger partial charge in [-0.2, -0.15) is 4.31 Å². The lowest BCUT2D eigenvalue weighted by Crippen LogP contribution is -2.46. The summed E-state index contributed by atoms with van der Waals surface area (Å²) in [5.41, 5.74) is 1.37. The summed E-state index contributed by atoms with van der Waals surface area (Å²) in [6, 6.07) is 17.3. The molecule has 0 bridgehead atoms. The van der Waals surface area contributed by atoms with Crippen LogP contribution >= 0.6 is 15.9 Å². The molecule has 0 spiro atoms. The zero-order chi connectivity index (χ0) is 21.8. The first-order valence-corrected chi connectivity index (χ1v) is 13.3. The predicted octanol–water partition coefficient (Wildman–Crippen LogP) is 4.33. The smallest absolute Gasteiger partial charge is 0.243 e. The second kappa shape index (κ2) is 9.84. The van der Waals surface area contributed by atoms with E-state index < -0.39 is 10.0 Å². The van der Waals surface area contributed by atoms with Gasteiger partial charge in [0.2, 0.25) is 15.9 Å². The van der Waals surface area contributed by atoms with E-state index in [-0.39, 0.29) is 11.8 Å². The van der Waals surface area contributed by atoms with Crippen LogP contribution in [0.15, 0.2) is 64.0 Å². The fourth-order valence-electron chi connectivity index (χ4n) is 4.66. The zero-order valence-corrected chi connectivity index (χ0v) is 20.0. The van der Waals surface area contributed by atoms with Gasteiger partial charge in [0.1, 0.15) is 0 Å². The third-order valence-corrected chi connectivity index (χ3v) is 8.99. The van der Waals surface area contributed by atoms with Crippen molar-refractivity contribution in [2.45, 2.75) is 37.0 Å². The molecule has 2 saturated heterocycles. The topological polar surface area (TPSA) is 57.7 Å². The Morgan fingerprint density at radius 1 is 0.871 bits per heavy atom. The Morgan fingerprint density at radius 3 is 2.10 bits per heavy atom. The van der Waals surface area contributed by atoms with Gasteiger partial charge in [-0.05, 0) is 67.9 Å². The first kappa shape index (κ1) is 22.5. The average Bonchev–Trinajstić information content (AvgIpc) is 2.80. The molecule has 0 aliphatic carbocycles. The van der Waals surface area contributed by atoms with Crippen molar-refractivity contribution in [3.8, 4) is 0 Å². The van der Waals surface area contributed by atoms with Gasteiger partial charge in [0, 0.05) is 36.6 Å². The van der Waals surface area contributed by atoms with Crippen molar-refractivity contribution in [1.82, 2.24) is 9.21 Å². The van der Waals surface area contributed by atoms with Crippen LogP contribution in [0.5, 0.6) is 0 Å². The van der Waals surface area contributed by atoms with E-state index in [4.69, 9.17) is 0 Å². The van der Waals surface area contributed by atoms with E-state index in [9.17, 15) is 13.2 Å². The van der Waals surface area contributed by atoms with E-state index in [0.29, 0.717) is 36.7 Å². The second-order valence-corrected chi connectivity index (χ2v) is 11.4. The molecule has 4 rings (SSSR count). The number of piperidine rings is 2. The largest absolute Gasteiger partial charge is 0.342 e. The summed E-state index contributed by atoms with van der Waals surface area (Å²) in [5.74, 6) is 0.769. The minimum Gasteiger partial charge on any atom is -0.342 e. The van der Waals surface area contributed by atoms with E-state index >= 15 is 0 Å². The first-order valence-electron chi connectivity index (χ1n) is 11.0. The van der Waals surface area contributed by atoms with Gasteiger partial charge >= 0.3 is 0 Å². The molecule has 5 nitrogen and oxygen atoms in total. The van der Waals surface area contributed by atoms with Crippen molar-refractivity contribution in [1.29, 1.82) is 0 Å². The maximum absolute atomic E-state index is 13.0. The lowest BCUT2D eigenvalue weighted by atomic mass is 9.89. The number of rotatable bonds is 5. The Bertz CT molecular complexity index is 979. The highest BCUT2D eigenvalue weighted by molar-refractivity contribution is 9.10. The molecule has 0 aromatic heterocycles. The molecule has 0 radical (unpaired) electrons. The highest BCUT2D eigenvalue weighted by Crippen LogP contribution is 2.28. The summed E-state index contributed by atoms with van der Waals surface area (Å²) >= 11 is 3.34. The number of carbonyl (C=O) groups is 1. The van der Waals surface area contributed by atoms with Crippen LogP contribution < -0.4 is 0 Å². The number of sulfonamides is 1. The lowest BCUT2D eigenvalue weighted by molar-refractivity contribution is -0.138. The van der Waals surface area contributed by atoms with Crippen molar-refractivity contribution in [2.24, 2.45) is 11.8 Å². The van der Waals surface area contributed by atoms with E-state index in [1.807, 2.05) is 11.0 Å². The van der Waals surface area contributed by atoms with Crippen LogP contribution in [-0.4, -0.2) is 49.7 Å². The molecule has 2 aromatic rings. The summed E-state index contributed by atoms with van der Waals surface area (Å²) in [7, 11) is -3.50. The zero-order valence-electron chi connectivity index (χ0n) is 17.6. The van der Waals surface area contributed by atoms with Crippen molar-refractivity contribution in [3.05, 3.63) is 64.6 Å². The Balaban J connectivity index is 1.27. The molecule has 2 fully saturated rings. The maximum atomic E-state index is 13.0. The number of benzene rings is 2. The Morgan fingerprint density at radius 2 is 1.48 bits per heavy atom. The van der Waals surface area contributed by atoms with Crippen LogP contribution in [0.1, 0.15) is 31.2 Å². The van der Waals surface area contributed by atoms with Gasteiger partial charge in [-0.15, -0.1) is 0 Å². The van der Waals surface area contributed by atoms with Gasteiger partial charge in [0.05, 0.1) is 4.90 Å². The molecular formula is C24H29BrN2O3S. The number of hydrogen-bond acceptors (Lipinski definition) is 3. The Kier molecular flexibility index (Phi) is 7.14. The molecule has 0 atom stereocenters. The average molecular weight is 505 g/mol. The van der Waals surface area contributed by atoms with E-state index in [1.165, 1.54) is 9.87 Å². The minimum atomic E-state index is -3.50. The van der Waals surface area contributed by atoms with Gasteiger partial charge in [0.25, 0.3) is 0 Å². The molecular weight excluding hydrogens is 476 g/mol. The standard InChI is InChI=1S/C24H29BrN2O3S/c25-22-6-8-23(9-7-22)31(29,30)27-16-12-21(13-17-27)24(28)26-14-10-20(11-15-26)18-19-4-2-1-3-5-19/h1-9,20-21H,10-18H2. The van der Waals surface area contributed by atoms with Gasteiger partial charge in [-0.25, -0.2) is 8.42 Å². The Labute approximate surface area is 193 Å². The van der Waals surface area contributed by atoms with Gasteiger partial charge in [-0.1, -0.05) is 46.3 Å². The molecule has 2 aromatic carbocycles. The SMILES string of the molecule is O=C(C1CCN(S(=O)(=O)c2ccc(Br)cc2)CC1)N1CCC(Cc2ccccc2)CC1. The van der Waals surface area contributed by atoms with Gasteiger partial charge in [-0.3, -0.25) is 4.79 Å². The molecule has 7 heteroatoms. The van der Waals surface area contributed by atoms with Crippen LogP contribution in [0.3, 0.4) is 0 Å². The van der Waals surface area contributed by atoms with Crippen molar-refractivity contribution in [3.63, 3.8) is 0 Å². The van der Waals surface area contributed by atoms with Gasteiger partial charge in [0.15, 0.2) is 0 Å². The quantitative estimate of drug-likeness (QED) is 0.608. The molecule has 0 unspecified atom stereocenters. The molecule has 1 amide bonds. The minimum absolute atomic E-state index is 0.0676. The van der Waals surface area contributed by atoms with Crippen LogP contribution in [0.25, 0.3) is 0 Å². The monoisotopic (exact) mass is 504 g/mol. The fraction of sp³-hybridized carbons (Fsp3) is 0.458. The second-order valence-electron chi connectivity index (χ2n) is 8.59.